The van der Waals surface area contributed by atoms with Crippen LogP contribution in [0.3, 0.4) is 0 Å². The summed E-state index contributed by atoms with van der Waals surface area (Å²) in [6, 6.07) is 3.83. The first kappa shape index (κ1) is 12.4. The lowest BCUT2D eigenvalue weighted by Crippen LogP contribution is -2.41. The smallest absolute Gasteiger partial charge is 0.213 e. The Kier molecular flexibility index (Phi) is 3.54. The average molecular weight is 313 g/mol. The van der Waals surface area contributed by atoms with Gasteiger partial charge in [-0.15, -0.1) is 0 Å². The average Bonchev–Trinajstić information content (AvgIpc) is 2.76. The topological polar surface area (TPSA) is 43.4 Å². The second kappa shape index (κ2) is 5.15. The number of nitrogens with one attached hydrogen (secondary N) is 1. The molecule has 0 saturated carbocycles. The largest absolute Gasteiger partial charge is 0.472 e. The van der Waals surface area contributed by atoms with Crippen molar-refractivity contribution in [1.82, 2.24) is 10.3 Å². The van der Waals surface area contributed by atoms with E-state index in [1.807, 2.05) is 12.1 Å². The molecule has 18 heavy (non-hydrogen) atoms. The third kappa shape index (κ3) is 2.68. The van der Waals surface area contributed by atoms with Gasteiger partial charge in [0.1, 0.15) is 6.10 Å². The van der Waals surface area contributed by atoms with Gasteiger partial charge in [0.05, 0.1) is 12.2 Å². The quantitative estimate of drug-likeness (QED) is 0.908. The van der Waals surface area contributed by atoms with E-state index in [1.165, 1.54) is 0 Å². The van der Waals surface area contributed by atoms with Crippen LogP contribution in [0.2, 0.25) is 0 Å². The van der Waals surface area contributed by atoms with Gasteiger partial charge < -0.3 is 14.8 Å². The predicted molar refractivity (Wildman–Crippen MR) is 71.8 cm³/mol. The molecule has 3 heterocycles. The molecule has 3 rings (SSSR count). The summed E-state index contributed by atoms with van der Waals surface area (Å²) in [5, 5.41) is 3.37. The summed E-state index contributed by atoms with van der Waals surface area (Å²) >= 11 is 3.37. The third-order valence-electron chi connectivity index (χ3n) is 3.68. The van der Waals surface area contributed by atoms with E-state index in [1.54, 1.807) is 6.20 Å². The highest BCUT2D eigenvalue weighted by Crippen LogP contribution is 2.35. The summed E-state index contributed by atoms with van der Waals surface area (Å²) in [6.07, 6.45) is 5.04. The third-order valence-corrected chi connectivity index (χ3v) is 4.15. The van der Waals surface area contributed by atoms with Crippen LogP contribution in [0.25, 0.3) is 0 Å². The Labute approximate surface area is 115 Å². The first-order valence-electron chi connectivity index (χ1n) is 6.39. The van der Waals surface area contributed by atoms with E-state index < -0.39 is 0 Å². The normalized spacial score (nSPS) is 26.4. The first-order chi connectivity index (χ1) is 8.76. The van der Waals surface area contributed by atoms with E-state index >= 15 is 0 Å². The van der Waals surface area contributed by atoms with Gasteiger partial charge in [-0.1, -0.05) is 0 Å². The van der Waals surface area contributed by atoms with Crippen LogP contribution in [-0.4, -0.2) is 36.4 Å². The van der Waals surface area contributed by atoms with Crippen molar-refractivity contribution >= 4 is 15.9 Å². The number of pyridine rings is 1. The minimum Gasteiger partial charge on any atom is -0.472 e. The Balaban J connectivity index is 1.60. The van der Waals surface area contributed by atoms with Gasteiger partial charge in [-0.3, -0.25) is 0 Å². The van der Waals surface area contributed by atoms with Gasteiger partial charge >= 0.3 is 0 Å². The maximum Gasteiger partial charge on any atom is 0.213 e. The van der Waals surface area contributed by atoms with Gasteiger partial charge in [-0.25, -0.2) is 4.98 Å². The molecular formula is C13H17BrN2O2. The van der Waals surface area contributed by atoms with Crippen molar-refractivity contribution in [1.29, 1.82) is 0 Å². The lowest BCUT2D eigenvalue weighted by atomic mass is 9.89. The lowest BCUT2D eigenvalue weighted by molar-refractivity contribution is -0.0205. The zero-order valence-electron chi connectivity index (χ0n) is 10.2. The molecule has 1 aromatic rings. The summed E-state index contributed by atoms with van der Waals surface area (Å²) in [7, 11) is 0. The molecule has 0 radical (unpaired) electrons. The molecule has 1 atom stereocenters. The highest BCUT2D eigenvalue weighted by molar-refractivity contribution is 9.10. The Morgan fingerprint density at radius 1 is 1.39 bits per heavy atom. The van der Waals surface area contributed by atoms with Gasteiger partial charge in [0, 0.05) is 23.2 Å². The van der Waals surface area contributed by atoms with Crippen molar-refractivity contribution in [3.8, 4) is 5.88 Å². The monoisotopic (exact) mass is 312 g/mol. The summed E-state index contributed by atoms with van der Waals surface area (Å²) in [5.41, 5.74) is 0.0469. The zero-order valence-corrected chi connectivity index (χ0v) is 11.8. The fraction of sp³-hybridized carbons (Fsp3) is 0.615. The molecule has 0 aromatic carbocycles. The van der Waals surface area contributed by atoms with Crippen LogP contribution in [0.5, 0.6) is 5.88 Å². The fourth-order valence-corrected chi connectivity index (χ4v) is 2.95. The molecule has 0 amide bonds. The fourth-order valence-electron chi connectivity index (χ4n) is 2.71. The highest BCUT2D eigenvalue weighted by atomic mass is 79.9. The second-order valence-corrected chi connectivity index (χ2v) is 5.92. The molecule has 4 nitrogen and oxygen atoms in total. The van der Waals surface area contributed by atoms with E-state index in [0.717, 1.165) is 36.8 Å². The van der Waals surface area contributed by atoms with Crippen LogP contribution < -0.4 is 10.1 Å². The maximum atomic E-state index is 5.99. The number of aromatic nitrogens is 1. The van der Waals surface area contributed by atoms with Crippen LogP contribution in [0.1, 0.15) is 19.3 Å². The van der Waals surface area contributed by atoms with Crippen LogP contribution >= 0.6 is 15.9 Å². The molecule has 98 valence electrons. The molecule has 1 unspecified atom stereocenters. The number of rotatable bonds is 2. The van der Waals surface area contributed by atoms with E-state index in [4.69, 9.17) is 9.47 Å². The van der Waals surface area contributed by atoms with E-state index in [0.29, 0.717) is 12.5 Å². The zero-order chi connectivity index (χ0) is 12.4. The van der Waals surface area contributed by atoms with Crippen LogP contribution in [-0.2, 0) is 4.74 Å². The molecule has 5 heteroatoms. The Morgan fingerprint density at radius 2 is 2.22 bits per heavy atom. The molecule has 0 aliphatic carbocycles. The summed E-state index contributed by atoms with van der Waals surface area (Å²) in [5.74, 6) is 0.679. The number of hydrogen-bond donors (Lipinski definition) is 1. The highest BCUT2D eigenvalue weighted by Gasteiger charge is 2.42. The van der Waals surface area contributed by atoms with Crippen molar-refractivity contribution < 1.29 is 9.47 Å². The van der Waals surface area contributed by atoms with Crippen molar-refractivity contribution in [2.24, 2.45) is 0 Å². The number of nitrogens with zero attached hydrogens (tertiary/aromatic N) is 1. The molecule has 2 saturated heterocycles. The van der Waals surface area contributed by atoms with Crippen LogP contribution in [0.4, 0.5) is 0 Å². The van der Waals surface area contributed by atoms with Crippen molar-refractivity contribution in [2.75, 3.05) is 19.7 Å². The van der Waals surface area contributed by atoms with Crippen molar-refractivity contribution in [2.45, 2.75) is 31.0 Å². The molecule has 2 fully saturated rings. The van der Waals surface area contributed by atoms with Gasteiger partial charge in [-0.2, -0.15) is 0 Å². The molecule has 1 N–H and O–H groups in total. The maximum absolute atomic E-state index is 5.99. The summed E-state index contributed by atoms with van der Waals surface area (Å²) in [4.78, 5) is 4.24. The predicted octanol–water partition coefficient (Wildman–Crippen LogP) is 2.13. The first-order valence-corrected chi connectivity index (χ1v) is 7.18. The molecule has 1 aromatic heterocycles. The Bertz CT molecular complexity index is 404. The van der Waals surface area contributed by atoms with Gasteiger partial charge in [0.25, 0.3) is 0 Å². The summed E-state index contributed by atoms with van der Waals surface area (Å²) < 4.78 is 12.8. The lowest BCUT2D eigenvalue weighted by Gasteiger charge is -2.32. The molecule has 2 aliphatic rings. The van der Waals surface area contributed by atoms with Gasteiger partial charge in [0.2, 0.25) is 5.88 Å². The van der Waals surface area contributed by atoms with E-state index in [9.17, 15) is 0 Å². The SMILES string of the molecule is Brc1ccc(OC2COC3(CCNCC3)C2)nc1. The Morgan fingerprint density at radius 3 is 2.94 bits per heavy atom. The standard InChI is InChI=1S/C13H17BrN2O2/c14-10-1-2-12(16-8-10)18-11-7-13(17-9-11)3-5-15-6-4-13/h1-2,8,11,15H,3-7,9H2. The molecular weight excluding hydrogens is 296 g/mol. The summed E-state index contributed by atoms with van der Waals surface area (Å²) in [6.45, 7) is 2.77. The molecule has 0 bridgehead atoms. The second-order valence-electron chi connectivity index (χ2n) is 5.00. The van der Waals surface area contributed by atoms with Gasteiger partial charge in [0.15, 0.2) is 0 Å². The number of hydrogen-bond acceptors (Lipinski definition) is 4. The number of ether oxygens (including phenoxy) is 2. The van der Waals surface area contributed by atoms with E-state index in [2.05, 4.69) is 26.2 Å². The van der Waals surface area contributed by atoms with Crippen LogP contribution in [0, 0.1) is 0 Å². The molecule has 1 spiro atoms. The number of halogens is 1. The van der Waals surface area contributed by atoms with Gasteiger partial charge in [-0.05, 0) is 47.9 Å². The minimum atomic E-state index is 0.0469. The van der Waals surface area contributed by atoms with Crippen molar-refractivity contribution in [3.63, 3.8) is 0 Å². The van der Waals surface area contributed by atoms with Crippen LogP contribution in [0.15, 0.2) is 22.8 Å². The number of piperidine rings is 1. The minimum absolute atomic E-state index is 0.0469. The Hall–Kier alpha value is -0.650. The van der Waals surface area contributed by atoms with Crippen molar-refractivity contribution in [3.05, 3.63) is 22.8 Å². The molecule has 2 aliphatic heterocycles. The van der Waals surface area contributed by atoms with E-state index in [-0.39, 0.29) is 11.7 Å².